The summed E-state index contributed by atoms with van der Waals surface area (Å²) in [5.74, 6) is -0.0427. The van der Waals surface area contributed by atoms with Crippen LogP contribution in [-0.2, 0) is 4.74 Å². The Balaban J connectivity index is 2.34. The van der Waals surface area contributed by atoms with Gasteiger partial charge in [0.15, 0.2) is 0 Å². The lowest BCUT2D eigenvalue weighted by Gasteiger charge is -2.37. The first-order valence-electron chi connectivity index (χ1n) is 7.18. The fourth-order valence-electron chi connectivity index (χ4n) is 3.31. The van der Waals surface area contributed by atoms with Gasteiger partial charge in [0, 0.05) is 11.5 Å². The van der Waals surface area contributed by atoms with Gasteiger partial charge in [-0.25, -0.2) is 0 Å². The summed E-state index contributed by atoms with van der Waals surface area (Å²) >= 11 is 0. The van der Waals surface area contributed by atoms with Gasteiger partial charge in [0.25, 0.3) is 0 Å². The fraction of sp³-hybridized carbons (Fsp3) is 0.263. The van der Waals surface area contributed by atoms with E-state index in [4.69, 9.17) is 4.74 Å². The van der Waals surface area contributed by atoms with Gasteiger partial charge in [0.2, 0.25) is 0 Å². The third-order valence-corrected chi connectivity index (χ3v) is 4.07. The second-order valence-corrected chi connectivity index (χ2v) is 6.03. The van der Waals surface area contributed by atoms with Crippen molar-refractivity contribution in [2.75, 3.05) is 7.11 Å². The van der Waals surface area contributed by atoms with E-state index in [-0.39, 0.29) is 5.92 Å². The summed E-state index contributed by atoms with van der Waals surface area (Å²) in [6.07, 6.45) is 1.79. The van der Waals surface area contributed by atoms with Crippen LogP contribution in [0.2, 0.25) is 0 Å². The maximum atomic E-state index is 10.7. The van der Waals surface area contributed by atoms with Crippen LogP contribution in [0.4, 0.5) is 0 Å². The normalized spacial score (nSPS) is 17.0. The molecule has 108 valence electrons. The molecule has 0 radical (unpaired) electrons. The lowest BCUT2D eigenvalue weighted by molar-refractivity contribution is 0.0622. The molecule has 1 aliphatic rings. The van der Waals surface area contributed by atoms with Crippen molar-refractivity contribution in [2.24, 2.45) is 0 Å². The number of benzene rings is 2. The molecule has 1 N–H and O–H groups in total. The SMILES string of the molecule is COC=C1c2ccccc2C(C(C)(C)O)c2ccccc21. The maximum absolute atomic E-state index is 10.7. The third kappa shape index (κ3) is 2.26. The molecular formula is C19H20O2. The summed E-state index contributed by atoms with van der Waals surface area (Å²) in [5, 5.41) is 10.7. The Morgan fingerprint density at radius 1 is 0.952 bits per heavy atom. The maximum Gasteiger partial charge on any atom is 0.0909 e. The number of hydrogen-bond acceptors (Lipinski definition) is 2. The fourth-order valence-corrected chi connectivity index (χ4v) is 3.31. The predicted molar refractivity (Wildman–Crippen MR) is 85.1 cm³/mol. The summed E-state index contributed by atoms with van der Waals surface area (Å²) in [4.78, 5) is 0. The van der Waals surface area contributed by atoms with Crippen molar-refractivity contribution in [3.8, 4) is 0 Å². The molecule has 2 nitrogen and oxygen atoms in total. The molecule has 0 atom stereocenters. The molecule has 2 heteroatoms. The van der Waals surface area contributed by atoms with Crippen LogP contribution in [0.3, 0.4) is 0 Å². The highest BCUT2D eigenvalue weighted by atomic mass is 16.5. The van der Waals surface area contributed by atoms with Gasteiger partial charge in [-0.1, -0.05) is 48.5 Å². The van der Waals surface area contributed by atoms with Gasteiger partial charge in [0.05, 0.1) is 19.0 Å². The van der Waals surface area contributed by atoms with Crippen molar-refractivity contribution < 1.29 is 9.84 Å². The van der Waals surface area contributed by atoms with Crippen LogP contribution >= 0.6 is 0 Å². The Morgan fingerprint density at radius 3 is 1.86 bits per heavy atom. The zero-order valence-electron chi connectivity index (χ0n) is 12.6. The van der Waals surface area contributed by atoms with Crippen molar-refractivity contribution in [2.45, 2.75) is 25.4 Å². The Labute approximate surface area is 125 Å². The second kappa shape index (κ2) is 5.05. The van der Waals surface area contributed by atoms with Gasteiger partial charge in [-0.05, 0) is 36.1 Å². The van der Waals surface area contributed by atoms with Crippen LogP contribution in [0.15, 0.2) is 54.8 Å². The van der Waals surface area contributed by atoms with E-state index in [1.54, 1.807) is 13.4 Å². The van der Waals surface area contributed by atoms with Crippen molar-refractivity contribution >= 4 is 5.57 Å². The van der Waals surface area contributed by atoms with Gasteiger partial charge in [-0.2, -0.15) is 0 Å². The zero-order valence-corrected chi connectivity index (χ0v) is 12.6. The minimum absolute atomic E-state index is 0.0427. The summed E-state index contributed by atoms with van der Waals surface area (Å²) < 4.78 is 5.29. The first-order valence-corrected chi connectivity index (χ1v) is 7.18. The first kappa shape index (κ1) is 13.9. The largest absolute Gasteiger partial charge is 0.504 e. The molecule has 1 aliphatic carbocycles. The predicted octanol–water partition coefficient (Wildman–Crippen LogP) is 3.94. The topological polar surface area (TPSA) is 29.5 Å². The molecule has 0 fully saturated rings. The minimum Gasteiger partial charge on any atom is -0.504 e. The Bertz CT molecular complexity index is 643. The number of hydrogen-bond donors (Lipinski definition) is 1. The highest BCUT2D eigenvalue weighted by molar-refractivity contribution is 5.86. The average molecular weight is 280 g/mol. The number of aliphatic hydroxyl groups is 1. The molecule has 0 bridgehead atoms. The summed E-state index contributed by atoms with van der Waals surface area (Å²) in [7, 11) is 1.67. The highest BCUT2D eigenvalue weighted by Crippen LogP contribution is 2.46. The number of methoxy groups -OCH3 is 1. The minimum atomic E-state index is -0.829. The number of fused-ring (bicyclic) bond motifs is 2. The standard InChI is InChI=1S/C19H20O2/c1-19(2,20)18-15-10-6-4-8-13(15)17(12-21-3)14-9-5-7-11-16(14)18/h4-12,18,20H,1-3H3. The molecule has 2 aromatic carbocycles. The van der Waals surface area contributed by atoms with Gasteiger partial charge < -0.3 is 9.84 Å². The molecule has 0 saturated carbocycles. The zero-order chi connectivity index (χ0) is 15.0. The van der Waals surface area contributed by atoms with Crippen molar-refractivity contribution in [3.05, 3.63) is 77.0 Å². The molecule has 2 aromatic rings. The second-order valence-electron chi connectivity index (χ2n) is 6.03. The Kier molecular flexibility index (Phi) is 3.34. The lowest BCUT2D eigenvalue weighted by Crippen LogP contribution is -2.33. The molecular weight excluding hydrogens is 260 g/mol. The molecule has 0 unspecified atom stereocenters. The molecule has 0 aromatic heterocycles. The van der Waals surface area contributed by atoms with Crippen LogP contribution in [0.25, 0.3) is 5.57 Å². The van der Waals surface area contributed by atoms with Crippen LogP contribution < -0.4 is 0 Å². The Hall–Kier alpha value is -2.06. The quantitative estimate of drug-likeness (QED) is 0.844. The van der Waals surface area contributed by atoms with Crippen LogP contribution in [-0.4, -0.2) is 17.8 Å². The van der Waals surface area contributed by atoms with E-state index in [9.17, 15) is 5.11 Å². The average Bonchev–Trinajstić information content (AvgIpc) is 2.46. The van der Waals surface area contributed by atoms with Crippen molar-refractivity contribution in [3.63, 3.8) is 0 Å². The summed E-state index contributed by atoms with van der Waals surface area (Å²) in [5.41, 5.74) is 4.80. The first-order chi connectivity index (χ1) is 10.0. The molecule has 0 spiro atoms. The van der Waals surface area contributed by atoms with E-state index in [0.29, 0.717) is 0 Å². The van der Waals surface area contributed by atoms with Crippen LogP contribution in [0, 0.1) is 0 Å². The number of rotatable bonds is 2. The van der Waals surface area contributed by atoms with E-state index >= 15 is 0 Å². The van der Waals surface area contributed by atoms with Gasteiger partial charge in [0.1, 0.15) is 0 Å². The van der Waals surface area contributed by atoms with E-state index in [1.165, 1.54) is 0 Å². The molecule has 0 amide bonds. The van der Waals surface area contributed by atoms with E-state index in [0.717, 1.165) is 27.8 Å². The lowest BCUT2D eigenvalue weighted by atomic mass is 9.70. The molecule has 0 aliphatic heterocycles. The summed E-state index contributed by atoms with van der Waals surface area (Å²) in [6, 6.07) is 16.5. The van der Waals surface area contributed by atoms with Crippen LogP contribution in [0.5, 0.6) is 0 Å². The van der Waals surface area contributed by atoms with Crippen LogP contribution in [0.1, 0.15) is 42.0 Å². The molecule has 3 rings (SSSR count). The molecule has 0 heterocycles. The third-order valence-electron chi connectivity index (χ3n) is 4.07. The van der Waals surface area contributed by atoms with E-state index in [2.05, 4.69) is 24.3 Å². The highest BCUT2D eigenvalue weighted by Gasteiger charge is 2.37. The molecule has 0 saturated heterocycles. The Morgan fingerprint density at radius 2 is 1.43 bits per heavy atom. The van der Waals surface area contributed by atoms with E-state index < -0.39 is 5.60 Å². The summed E-state index contributed by atoms with van der Waals surface area (Å²) in [6.45, 7) is 3.74. The van der Waals surface area contributed by atoms with E-state index in [1.807, 2.05) is 38.1 Å². The monoisotopic (exact) mass is 280 g/mol. The van der Waals surface area contributed by atoms with Crippen molar-refractivity contribution in [1.82, 2.24) is 0 Å². The molecule has 21 heavy (non-hydrogen) atoms. The van der Waals surface area contributed by atoms with Crippen molar-refractivity contribution in [1.29, 1.82) is 0 Å². The van der Waals surface area contributed by atoms with Gasteiger partial charge in [-0.3, -0.25) is 0 Å². The van der Waals surface area contributed by atoms with Gasteiger partial charge >= 0.3 is 0 Å². The van der Waals surface area contributed by atoms with Gasteiger partial charge in [-0.15, -0.1) is 0 Å². The smallest absolute Gasteiger partial charge is 0.0909 e. The number of ether oxygens (including phenoxy) is 1.